The number of aromatic nitrogens is 1. The lowest BCUT2D eigenvalue weighted by Gasteiger charge is -2.41. The molecular weight excluding hydrogens is 256 g/mol. The summed E-state index contributed by atoms with van der Waals surface area (Å²) in [6.07, 6.45) is 5.45. The molecule has 1 aromatic heterocycles. The molecule has 1 unspecified atom stereocenters. The molecule has 1 aliphatic carbocycles. The Morgan fingerprint density at radius 2 is 2.33 bits per heavy atom. The van der Waals surface area contributed by atoms with Crippen molar-refractivity contribution >= 4 is 15.9 Å². The van der Waals surface area contributed by atoms with Crippen LogP contribution in [0.25, 0.3) is 0 Å². The summed E-state index contributed by atoms with van der Waals surface area (Å²) in [4.78, 5) is 0. The van der Waals surface area contributed by atoms with Crippen LogP contribution in [0.1, 0.15) is 31.2 Å². The van der Waals surface area contributed by atoms with Crippen LogP contribution < -0.4 is 5.32 Å². The summed E-state index contributed by atoms with van der Waals surface area (Å²) >= 11 is 3.46. The van der Waals surface area contributed by atoms with Crippen molar-refractivity contribution in [3.05, 3.63) is 22.4 Å². The molecule has 15 heavy (non-hydrogen) atoms. The van der Waals surface area contributed by atoms with Crippen molar-refractivity contribution in [3.63, 3.8) is 0 Å². The maximum Gasteiger partial charge on any atom is 0.146 e. The molecule has 82 valence electrons. The van der Waals surface area contributed by atoms with Crippen LogP contribution in [0.15, 0.2) is 16.7 Å². The first kappa shape index (κ1) is 9.87. The number of hydrogen-bond acceptors (Lipinski definition) is 2. The van der Waals surface area contributed by atoms with Crippen LogP contribution in [-0.4, -0.2) is 16.2 Å². The molecule has 1 saturated carbocycles. The number of halogens is 1. The van der Waals surface area contributed by atoms with Crippen molar-refractivity contribution in [2.45, 2.75) is 32.0 Å². The Hall–Kier alpha value is -0.320. The van der Waals surface area contributed by atoms with Crippen molar-refractivity contribution in [2.24, 2.45) is 5.41 Å². The smallest absolute Gasteiger partial charge is 0.146 e. The Morgan fingerprint density at radius 1 is 1.53 bits per heavy atom. The van der Waals surface area contributed by atoms with E-state index < -0.39 is 6.23 Å². The molecule has 3 rings (SSSR count). The fraction of sp³-hybridized carbons (Fsp3) is 0.636. The van der Waals surface area contributed by atoms with Gasteiger partial charge in [-0.3, -0.25) is 5.32 Å². The summed E-state index contributed by atoms with van der Waals surface area (Å²) in [5.74, 6) is 0. The van der Waals surface area contributed by atoms with Crippen molar-refractivity contribution < 1.29 is 5.11 Å². The van der Waals surface area contributed by atoms with E-state index in [0.29, 0.717) is 5.41 Å². The van der Waals surface area contributed by atoms with Crippen LogP contribution in [0, 0.1) is 5.41 Å². The third-order valence-electron chi connectivity index (χ3n) is 3.77. The Morgan fingerprint density at radius 3 is 3.00 bits per heavy atom. The number of nitrogens with one attached hydrogen (secondary N) is 1. The molecule has 0 saturated heterocycles. The molecule has 3 nitrogen and oxygen atoms in total. The molecule has 0 aromatic carbocycles. The van der Waals surface area contributed by atoms with Crippen molar-refractivity contribution in [3.8, 4) is 0 Å². The second-order valence-corrected chi connectivity index (χ2v) is 5.76. The highest BCUT2D eigenvalue weighted by molar-refractivity contribution is 9.10. The van der Waals surface area contributed by atoms with E-state index in [-0.39, 0.29) is 0 Å². The molecule has 1 aliphatic heterocycles. The van der Waals surface area contributed by atoms with Crippen molar-refractivity contribution in [1.82, 2.24) is 9.88 Å². The second kappa shape index (κ2) is 3.34. The number of nitrogens with zero attached hydrogens (tertiary/aromatic N) is 1. The molecule has 1 fully saturated rings. The van der Waals surface area contributed by atoms with E-state index in [1.165, 1.54) is 19.3 Å². The highest BCUT2D eigenvalue weighted by atomic mass is 79.9. The molecule has 4 heteroatoms. The predicted octanol–water partition coefficient (Wildman–Crippen LogP) is 2.02. The Kier molecular flexibility index (Phi) is 2.20. The van der Waals surface area contributed by atoms with E-state index in [4.69, 9.17) is 0 Å². The fourth-order valence-electron chi connectivity index (χ4n) is 2.70. The lowest BCUT2D eigenvalue weighted by Crippen LogP contribution is -2.41. The van der Waals surface area contributed by atoms with Gasteiger partial charge in [0.1, 0.15) is 6.23 Å². The summed E-state index contributed by atoms with van der Waals surface area (Å²) in [7, 11) is 0. The van der Waals surface area contributed by atoms with Crippen molar-refractivity contribution in [1.29, 1.82) is 0 Å². The van der Waals surface area contributed by atoms with Gasteiger partial charge in [-0.25, -0.2) is 0 Å². The average Bonchev–Trinajstić information content (AvgIpc) is 2.44. The summed E-state index contributed by atoms with van der Waals surface area (Å²) in [5.41, 5.74) is 1.37. The summed E-state index contributed by atoms with van der Waals surface area (Å²) in [6.45, 7) is 1.98. The van der Waals surface area contributed by atoms with Crippen LogP contribution in [0.5, 0.6) is 0 Å². The highest BCUT2D eigenvalue weighted by Crippen LogP contribution is 2.44. The molecular formula is C11H15BrN2O. The maximum absolute atomic E-state index is 9.95. The number of fused-ring (bicyclic) bond motifs is 1. The van der Waals surface area contributed by atoms with E-state index in [2.05, 4.69) is 32.0 Å². The van der Waals surface area contributed by atoms with E-state index in [1.807, 2.05) is 6.07 Å². The van der Waals surface area contributed by atoms with E-state index in [0.717, 1.165) is 23.3 Å². The molecule has 1 aromatic rings. The van der Waals surface area contributed by atoms with Gasteiger partial charge in [-0.1, -0.05) is 6.42 Å². The maximum atomic E-state index is 9.95. The van der Waals surface area contributed by atoms with Gasteiger partial charge in [0, 0.05) is 29.2 Å². The SMILES string of the molecule is OC1NCC2(CCC2)Cn2cc(Br)cc21. The monoisotopic (exact) mass is 270 g/mol. The third kappa shape index (κ3) is 1.55. The summed E-state index contributed by atoms with van der Waals surface area (Å²) in [5, 5.41) is 13.2. The minimum absolute atomic E-state index is 0.394. The van der Waals surface area contributed by atoms with Crippen LogP contribution >= 0.6 is 15.9 Å². The zero-order valence-corrected chi connectivity index (χ0v) is 10.1. The minimum Gasteiger partial charge on any atom is -0.373 e. The molecule has 2 aliphatic rings. The van der Waals surface area contributed by atoms with Gasteiger partial charge in [-0.05, 0) is 34.8 Å². The van der Waals surface area contributed by atoms with Gasteiger partial charge >= 0.3 is 0 Å². The second-order valence-electron chi connectivity index (χ2n) is 4.85. The highest BCUT2D eigenvalue weighted by Gasteiger charge is 2.40. The molecule has 2 N–H and O–H groups in total. The van der Waals surface area contributed by atoms with Gasteiger partial charge in [0.2, 0.25) is 0 Å². The fourth-order valence-corrected chi connectivity index (χ4v) is 3.19. The van der Waals surface area contributed by atoms with Gasteiger partial charge in [-0.2, -0.15) is 0 Å². The normalized spacial score (nSPS) is 28.3. The quantitative estimate of drug-likeness (QED) is 0.757. The van der Waals surface area contributed by atoms with Gasteiger partial charge < -0.3 is 9.67 Å². The van der Waals surface area contributed by atoms with Crippen LogP contribution in [0.2, 0.25) is 0 Å². The molecule has 2 heterocycles. The predicted molar refractivity (Wildman–Crippen MR) is 61.4 cm³/mol. The minimum atomic E-state index is -0.517. The van der Waals surface area contributed by atoms with Gasteiger partial charge in [0.25, 0.3) is 0 Å². The van der Waals surface area contributed by atoms with Crippen LogP contribution in [0.3, 0.4) is 0 Å². The number of aliphatic hydroxyl groups is 1. The standard InChI is InChI=1S/C11H15BrN2O/c12-8-4-9-10(15)13-6-11(2-1-3-11)7-14(9)5-8/h4-5,10,13,15H,1-3,6-7H2. The summed E-state index contributed by atoms with van der Waals surface area (Å²) in [6, 6.07) is 2.00. The summed E-state index contributed by atoms with van der Waals surface area (Å²) < 4.78 is 3.24. The average molecular weight is 271 g/mol. The molecule has 0 amide bonds. The Bertz CT molecular complexity index is 384. The van der Waals surface area contributed by atoms with Gasteiger partial charge in [-0.15, -0.1) is 0 Å². The molecule has 0 bridgehead atoms. The lowest BCUT2D eigenvalue weighted by molar-refractivity contribution is 0.0833. The number of hydrogen-bond donors (Lipinski definition) is 2. The topological polar surface area (TPSA) is 37.2 Å². The number of rotatable bonds is 0. The van der Waals surface area contributed by atoms with Crippen LogP contribution in [-0.2, 0) is 6.54 Å². The zero-order valence-electron chi connectivity index (χ0n) is 8.54. The van der Waals surface area contributed by atoms with E-state index in [1.54, 1.807) is 0 Å². The van der Waals surface area contributed by atoms with Crippen LogP contribution in [0.4, 0.5) is 0 Å². The Labute approximate surface area is 97.6 Å². The molecule has 1 atom stereocenters. The zero-order chi connectivity index (χ0) is 10.5. The third-order valence-corrected chi connectivity index (χ3v) is 4.20. The first-order chi connectivity index (χ1) is 7.19. The van der Waals surface area contributed by atoms with E-state index >= 15 is 0 Å². The largest absolute Gasteiger partial charge is 0.373 e. The van der Waals surface area contributed by atoms with Gasteiger partial charge in [0.05, 0.1) is 5.69 Å². The van der Waals surface area contributed by atoms with Gasteiger partial charge in [0.15, 0.2) is 0 Å². The molecule has 1 spiro atoms. The van der Waals surface area contributed by atoms with Crippen molar-refractivity contribution in [2.75, 3.05) is 6.54 Å². The first-order valence-electron chi connectivity index (χ1n) is 5.46. The Balaban J connectivity index is 1.97. The van der Waals surface area contributed by atoms with E-state index in [9.17, 15) is 5.11 Å². The molecule has 0 radical (unpaired) electrons. The number of aliphatic hydroxyl groups excluding tert-OH is 1. The first-order valence-corrected chi connectivity index (χ1v) is 6.25. The lowest BCUT2D eigenvalue weighted by atomic mass is 9.68.